The number of nitrogens with zero attached hydrogens (tertiary/aromatic N) is 2. The zero-order chi connectivity index (χ0) is 13.8. The van der Waals surface area contributed by atoms with Gasteiger partial charge in [0.1, 0.15) is 11.4 Å². The van der Waals surface area contributed by atoms with Crippen LogP contribution in [0.15, 0.2) is 12.3 Å². The van der Waals surface area contributed by atoms with Gasteiger partial charge in [-0.15, -0.1) is 0 Å². The number of pyridine rings is 1. The first-order valence-corrected chi connectivity index (χ1v) is 6.76. The summed E-state index contributed by atoms with van der Waals surface area (Å²) >= 11 is 0. The zero-order valence-electron chi connectivity index (χ0n) is 11.5. The van der Waals surface area contributed by atoms with Crippen LogP contribution >= 0.6 is 0 Å². The van der Waals surface area contributed by atoms with Gasteiger partial charge in [-0.1, -0.05) is 0 Å². The summed E-state index contributed by atoms with van der Waals surface area (Å²) in [4.78, 5) is 17.8. The molecule has 1 fully saturated rings. The maximum Gasteiger partial charge on any atom is 0.339 e. The highest BCUT2D eigenvalue weighted by Gasteiger charge is 2.19. The topological polar surface area (TPSA) is 65.5 Å². The van der Waals surface area contributed by atoms with Crippen molar-refractivity contribution in [2.45, 2.75) is 32.7 Å². The van der Waals surface area contributed by atoms with Crippen molar-refractivity contribution >= 4 is 11.8 Å². The second-order valence-electron chi connectivity index (χ2n) is 5.13. The molecule has 1 atom stereocenters. The molecule has 1 aliphatic rings. The second-order valence-corrected chi connectivity index (χ2v) is 5.13. The highest BCUT2D eigenvalue weighted by molar-refractivity contribution is 5.94. The maximum atomic E-state index is 11.3. The van der Waals surface area contributed by atoms with Gasteiger partial charge in [0, 0.05) is 18.8 Å². The van der Waals surface area contributed by atoms with Crippen LogP contribution in [0.25, 0.3) is 0 Å². The van der Waals surface area contributed by atoms with Crippen molar-refractivity contribution in [1.82, 2.24) is 9.88 Å². The van der Waals surface area contributed by atoms with Gasteiger partial charge in [-0.3, -0.25) is 4.90 Å². The van der Waals surface area contributed by atoms with Crippen LogP contribution in [0.5, 0.6) is 0 Å². The molecule has 5 heteroatoms. The first-order chi connectivity index (χ1) is 9.09. The molecule has 2 N–H and O–H groups in total. The van der Waals surface area contributed by atoms with E-state index in [1.54, 1.807) is 19.2 Å². The summed E-state index contributed by atoms with van der Waals surface area (Å²) in [5.74, 6) is -0.458. The molecule has 2 rings (SSSR count). The third-order valence-corrected chi connectivity index (χ3v) is 3.70. The Morgan fingerprint density at radius 3 is 2.84 bits per heavy atom. The van der Waals surface area contributed by atoms with Crippen LogP contribution in [-0.2, 0) is 0 Å². The molecule has 104 valence electrons. The zero-order valence-corrected chi connectivity index (χ0v) is 11.5. The van der Waals surface area contributed by atoms with Crippen LogP contribution in [0.4, 0.5) is 5.82 Å². The Labute approximate surface area is 113 Å². The van der Waals surface area contributed by atoms with Crippen molar-refractivity contribution in [3.8, 4) is 0 Å². The number of carboxylic acids is 1. The van der Waals surface area contributed by atoms with E-state index in [-0.39, 0.29) is 5.56 Å². The Hall–Kier alpha value is -1.62. The fourth-order valence-electron chi connectivity index (χ4n) is 2.52. The van der Waals surface area contributed by atoms with Crippen molar-refractivity contribution in [1.29, 1.82) is 0 Å². The number of aryl methyl sites for hydroxylation is 1. The minimum atomic E-state index is -0.929. The van der Waals surface area contributed by atoms with Crippen LogP contribution in [-0.4, -0.2) is 46.6 Å². The average Bonchev–Trinajstić information content (AvgIpc) is 2.89. The molecule has 1 aromatic rings. The largest absolute Gasteiger partial charge is 0.478 e. The Morgan fingerprint density at radius 2 is 2.21 bits per heavy atom. The van der Waals surface area contributed by atoms with Crippen LogP contribution in [0.1, 0.15) is 35.7 Å². The highest BCUT2D eigenvalue weighted by Crippen LogP contribution is 2.17. The van der Waals surface area contributed by atoms with Crippen LogP contribution in [0.3, 0.4) is 0 Å². The molecular formula is C14H21N3O2. The van der Waals surface area contributed by atoms with Crippen LogP contribution < -0.4 is 5.32 Å². The van der Waals surface area contributed by atoms with Gasteiger partial charge in [0.25, 0.3) is 0 Å². The van der Waals surface area contributed by atoms with Crippen molar-refractivity contribution < 1.29 is 9.90 Å². The van der Waals surface area contributed by atoms with E-state index in [2.05, 4.69) is 22.1 Å². The lowest BCUT2D eigenvalue weighted by Crippen LogP contribution is -2.36. The van der Waals surface area contributed by atoms with Crippen molar-refractivity contribution in [2.24, 2.45) is 0 Å². The Bertz CT molecular complexity index is 456. The first kappa shape index (κ1) is 13.8. The minimum Gasteiger partial charge on any atom is -0.478 e. The molecule has 1 aliphatic heterocycles. The maximum absolute atomic E-state index is 11.3. The molecule has 0 amide bonds. The minimum absolute atomic E-state index is 0.274. The highest BCUT2D eigenvalue weighted by atomic mass is 16.4. The summed E-state index contributed by atoms with van der Waals surface area (Å²) in [6.45, 7) is 6.94. The van der Waals surface area contributed by atoms with Crippen molar-refractivity contribution in [3.63, 3.8) is 0 Å². The average molecular weight is 263 g/mol. The summed E-state index contributed by atoms with van der Waals surface area (Å²) < 4.78 is 0. The van der Waals surface area contributed by atoms with E-state index in [0.29, 0.717) is 11.9 Å². The lowest BCUT2D eigenvalue weighted by Gasteiger charge is -2.24. The molecule has 0 saturated carbocycles. The number of nitrogens with one attached hydrogen (secondary N) is 1. The molecule has 2 heterocycles. The summed E-state index contributed by atoms with van der Waals surface area (Å²) in [7, 11) is 0. The van der Waals surface area contributed by atoms with Gasteiger partial charge in [0.05, 0.1) is 0 Å². The van der Waals surface area contributed by atoms with Crippen molar-refractivity contribution in [2.75, 3.05) is 25.0 Å². The number of carbonyl (C=O) groups is 1. The molecule has 1 unspecified atom stereocenters. The molecular weight excluding hydrogens is 242 g/mol. The first-order valence-electron chi connectivity index (χ1n) is 6.76. The Morgan fingerprint density at radius 1 is 1.53 bits per heavy atom. The van der Waals surface area contributed by atoms with E-state index in [1.165, 1.54) is 12.8 Å². The lowest BCUT2D eigenvalue weighted by molar-refractivity contribution is 0.0696. The Balaban J connectivity index is 2.02. The fraction of sp³-hybridized carbons (Fsp3) is 0.571. The second kappa shape index (κ2) is 6.02. The van der Waals surface area contributed by atoms with Gasteiger partial charge in [-0.25, -0.2) is 9.78 Å². The van der Waals surface area contributed by atoms with Gasteiger partial charge in [0.2, 0.25) is 0 Å². The third kappa shape index (κ3) is 3.23. The van der Waals surface area contributed by atoms with Gasteiger partial charge < -0.3 is 10.4 Å². The quantitative estimate of drug-likeness (QED) is 0.850. The molecule has 5 nitrogen and oxygen atoms in total. The molecule has 0 spiro atoms. The van der Waals surface area contributed by atoms with Gasteiger partial charge in [-0.2, -0.15) is 0 Å². The summed E-state index contributed by atoms with van der Waals surface area (Å²) in [6, 6.07) is 2.12. The lowest BCUT2D eigenvalue weighted by atomic mass is 10.1. The monoisotopic (exact) mass is 263 g/mol. The van der Waals surface area contributed by atoms with E-state index >= 15 is 0 Å². The number of aromatic carboxylic acids is 1. The molecule has 0 bridgehead atoms. The molecule has 0 aliphatic carbocycles. The normalized spacial score (nSPS) is 17.4. The van der Waals surface area contributed by atoms with Gasteiger partial charge >= 0.3 is 5.97 Å². The summed E-state index contributed by atoms with van der Waals surface area (Å²) in [5, 5.41) is 12.4. The molecule has 0 aromatic carbocycles. The molecule has 1 saturated heterocycles. The predicted octanol–water partition coefficient (Wildman–Crippen LogP) is 1.98. The van der Waals surface area contributed by atoms with E-state index in [1.807, 2.05) is 0 Å². The van der Waals surface area contributed by atoms with Crippen LogP contribution in [0, 0.1) is 6.92 Å². The molecule has 0 radical (unpaired) electrons. The fourth-order valence-corrected chi connectivity index (χ4v) is 2.52. The number of carboxylic acid groups (broad SMARTS) is 1. The number of aromatic nitrogens is 1. The number of hydrogen-bond acceptors (Lipinski definition) is 4. The number of rotatable bonds is 5. The number of likely N-dealkylation sites (tertiary alicyclic amines) is 1. The molecule has 1 aromatic heterocycles. The third-order valence-electron chi connectivity index (χ3n) is 3.70. The molecule has 19 heavy (non-hydrogen) atoms. The summed E-state index contributed by atoms with van der Waals surface area (Å²) in [6.07, 6.45) is 4.16. The van der Waals surface area contributed by atoms with Gasteiger partial charge in [-0.05, 0) is 51.4 Å². The van der Waals surface area contributed by atoms with E-state index < -0.39 is 5.97 Å². The SMILES string of the molecule is Cc1ccnc(NCC(C)N2CCCC2)c1C(=O)O. The van der Waals surface area contributed by atoms with Crippen molar-refractivity contribution in [3.05, 3.63) is 23.4 Å². The van der Waals surface area contributed by atoms with E-state index in [4.69, 9.17) is 0 Å². The predicted molar refractivity (Wildman–Crippen MR) is 74.7 cm³/mol. The number of anilines is 1. The van der Waals surface area contributed by atoms with E-state index in [0.717, 1.165) is 25.2 Å². The Kier molecular flexibility index (Phi) is 4.37. The standard InChI is InChI=1S/C14H21N3O2/c1-10-5-6-15-13(12(10)14(18)19)16-9-11(2)17-7-3-4-8-17/h5-6,11H,3-4,7-9H2,1-2H3,(H,15,16)(H,18,19). The summed E-state index contributed by atoms with van der Waals surface area (Å²) in [5.41, 5.74) is 1.01. The van der Waals surface area contributed by atoms with E-state index in [9.17, 15) is 9.90 Å². The van der Waals surface area contributed by atoms with Gasteiger partial charge in [0.15, 0.2) is 0 Å². The smallest absolute Gasteiger partial charge is 0.339 e. The van der Waals surface area contributed by atoms with Crippen LogP contribution in [0.2, 0.25) is 0 Å². The number of hydrogen-bond donors (Lipinski definition) is 2.